The first-order valence-corrected chi connectivity index (χ1v) is 7.02. The van der Waals surface area contributed by atoms with Crippen LogP contribution in [0.15, 0.2) is 12.2 Å². The van der Waals surface area contributed by atoms with Gasteiger partial charge in [-0.2, -0.15) is 0 Å². The van der Waals surface area contributed by atoms with Crippen LogP contribution in [-0.2, 0) is 4.79 Å². The average Bonchev–Trinajstić information content (AvgIpc) is 2.69. The van der Waals surface area contributed by atoms with Crippen LogP contribution in [0.1, 0.15) is 53.4 Å². The summed E-state index contributed by atoms with van der Waals surface area (Å²) in [4.78, 5) is 12.5. The molecule has 0 bridgehead atoms. The number of rotatable bonds is 1. The van der Waals surface area contributed by atoms with Gasteiger partial charge < -0.3 is 0 Å². The molecule has 17 heavy (non-hydrogen) atoms. The Morgan fingerprint density at radius 3 is 2.59 bits per heavy atom. The van der Waals surface area contributed by atoms with Crippen molar-refractivity contribution in [3.8, 4) is 0 Å². The summed E-state index contributed by atoms with van der Waals surface area (Å²) in [7, 11) is 0. The molecular weight excluding hydrogens is 208 g/mol. The Morgan fingerprint density at radius 1 is 1.24 bits per heavy atom. The number of hydrogen-bond acceptors (Lipinski definition) is 1. The van der Waals surface area contributed by atoms with E-state index >= 15 is 0 Å². The Bertz CT molecular complexity index is 406. The Morgan fingerprint density at radius 2 is 1.94 bits per heavy atom. The number of ketones is 1. The maximum absolute atomic E-state index is 12.5. The van der Waals surface area contributed by atoms with Gasteiger partial charge in [-0.05, 0) is 48.9 Å². The maximum atomic E-state index is 12.5. The van der Waals surface area contributed by atoms with Crippen molar-refractivity contribution in [1.29, 1.82) is 0 Å². The fraction of sp³-hybridized carbons (Fsp3) is 0.812. The third-order valence-corrected chi connectivity index (χ3v) is 5.91. The first-order chi connectivity index (χ1) is 7.85. The highest BCUT2D eigenvalue weighted by atomic mass is 16.1. The third-order valence-electron chi connectivity index (χ3n) is 5.91. The molecular formula is C16H24O. The second kappa shape index (κ2) is 3.05. The summed E-state index contributed by atoms with van der Waals surface area (Å²) in [6.07, 6.45) is 8.82. The highest BCUT2D eigenvalue weighted by Crippen LogP contribution is 2.77. The molecule has 3 fully saturated rings. The molecule has 94 valence electrons. The standard InChI is InChI=1S/C16H24O/c1-5-6-16-10-15(16,4)12-9-14(2,3)8-11(12)7-13(16)17/h5-6,11-12H,7-10H2,1-4H3/b6-5+/t11-,12+,15-,16+/m1/s1. The number of Topliss-reactive ketones (excluding diaryl/α,β-unsaturated/α-hetero) is 1. The minimum absolute atomic E-state index is 0.0661. The van der Waals surface area contributed by atoms with E-state index in [1.54, 1.807) is 0 Å². The predicted octanol–water partition coefficient (Wildman–Crippen LogP) is 3.98. The molecule has 3 aliphatic carbocycles. The second-order valence-corrected chi connectivity index (χ2v) is 7.63. The first kappa shape index (κ1) is 11.5. The van der Waals surface area contributed by atoms with E-state index in [1.807, 2.05) is 6.92 Å². The van der Waals surface area contributed by atoms with Gasteiger partial charge in [0.2, 0.25) is 0 Å². The molecule has 0 aromatic carbocycles. The zero-order valence-corrected chi connectivity index (χ0v) is 11.5. The molecule has 1 nitrogen and oxygen atoms in total. The molecule has 3 saturated carbocycles. The predicted molar refractivity (Wildman–Crippen MR) is 69.6 cm³/mol. The molecule has 3 aliphatic rings. The van der Waals surface area contributed by atoms with Gasteiger partial charge in [0.15, 0.2) is 0 Å². The van der Waals surface area contributed by atoms with E-state index in [-0.39, 0.29) is 10.8 Å². The van der Waals surface area contributed by atoms with Crippen LogP contribution in [0.4, 0.5) is 0 Å². The van der Waals surface area contributed by atoms with Crippen LogP contribution in [-0.4, -0.2) is 5.78 Å². The van der Waals surface area contributed by atoms with Crippen molar-refractivity contribution in [1.82, 2.24) is 0 Å². The second-order valence-electron chi connectivity index (χ2n) is 7.63. The topological polar surface area (TPSA) is 17.1 Å². The van der Waals surface area contributed by atoms with Crippen LogP contribution in [0.25, 0.3) is 0 Å². The first-order valence-electron chi connectivity index (χ1n) is 7.02. The van der Waals surface area contributed by atoms with Crippen molar-refractivity contribution in [2.45, 2.75) is 53.4 Å². The highest BCUT2D eigenvalue weighted by Gasteiger charge is 2.74. The van der Waals surface area contributed by atoms with Gasteiger partial charge in [-0.25, -0.2) is 0 Å². The summed E-state index contributed by atoms with van der Waals surface area (Å²) in [6.45, 7) is 9.16. The summed E-state index contributed by atoms with van der Waals surface area (Å²) < 4.78 is 0. The van der Waals surface area contributed by atoms with Crippen molar-refractivity contribution in [3.63, 3.8) is 0 Å². The lowest BCUT2D eigenvalue weighted by Crippen LogP contribution is -2.35. The fourth-order valence-electron chi connectivity index (χ4n) is 5.12. The summed E-state index contributed by atoms with van der Waals surface area (Å²) in [6, 6.07) is 0. The van der Waals surface area contributed by atoms with Crippen molar-refractivity contribution in [2.75, 3.05) is 0 Å². The molecule has 3 rings (SSSR count). The Balaban J connectivity index is 1.97. The van der Waals surface area contributed by atoms with Gasteiger partial charge in [-0.1, -0.05) is 32.9 Å². The Kier molecular flexibility index (Phi) is 2.06. The van der Waals surface area contributed by atoms with Gasteiger partial charge >= 0.3 is 0 Å². The largest absolute Gasteiger partial charge is 0.299 e. The van der Waals surface area contributed by atoms with E-state index in [1.165, 1.54) is 12.8 Å². The monoisotopic (exact) mass is 232 g/mol. The lowest BCUT2D eigenvalue weighted by Gasteiger charge is -2.35. The number of carbonyl (C=O) groups is 1. The SMILES string of the molecule is C/C=C/[C@@]12C[C@]1(C)[C@H]1CC(C)(C)C[C@H]1CC2=O. The van der Waals surface area contributed by atoms with E-state index in [2.05, 4.69) is 32.9 Å². The number of fused-ring (bicyclic) bond motifs is 3. The lowest BCUT2D eigenvalue weighted by molar-refractivity contribution is -0.128. The van der Waals surface area contributed by atoms with Gasteiger partial charge in [0.25, 0.3) is 0 Å². The van der Waals surface area contributed by atoms with Gasteiger partial charge in [0, 0.05) is 6.42 Å². The molecule has 0 N–H and O–H groups in total. The van der Waals surface area contributed by atoms with Crippen molar-refractivity contribution in [2.24, 2.45) is 28.1 Å². The van der Waals surface area contributed by atoms with E-state index in [4.69, 9.17) is 0 Å². The van der Waals surface area contributed by atoms with Crippen molar-refractivity contribution in [3.05, 3.63) is 12.2 Å². The van der Waals surface area contributed by atoms with Crippen LogP contribution in [0.3, 0.4) is 0 Å². The Hall–Kier alpha value is -0.590. The summed E-state index contributed by atoms with van der Waals surface area (Å²) in [5, 5.41) is 0. The van der Waals surface area contributed by atoms with Crippen LogP contribution >= 0.6 is 0 Å². The quantitative estimate of drug-likeness (QED) is 0.625. The molecule has 0 amide bonds. The molecule has 0 saturated heterocycles. The third kappa shape index (κ3) is 1.29. The smallest absolute Gasteiger partial charge is 0.143 e. The average molecular weight is 232 g/mol. The van der Waals surface area contributed by atoms with Crippen LogP contribution in [0.2, 0.25) is 0 Å². The zero-order valence-electron chi connectivity index (χ0n) is 11.5. The Labute approximate surface area is 105 Å². The van der Waals surface area contributed by atoms with Crippen molar-refractivity contribution < 1.29 is 4.79 Å². The van der Waals surface area contributed by atoms with E-state index < -0.39 is 0 Å². The molecule has 4 atom stereocenters. The molecule has 0 spiro atoms. The fourth-order valence-corrected chi connectivity index (χ4v) is 5.12. The van der Waals surface area contributed by atoms with Crippen LogP contribution < -0.4 is 0 Å². The molecule has 0 aliphatic heterocycles. The van der Waals surface area contributed by atoms with Gasteiger partial charge in [0.05, 0.1) is 5.41 Å². The summed E-state index contributed by atoms with van der Waals surface area (Å²) in [5.41, 5.74) is 0.670. The maximum Gasteiger partial charge on any atom is 0.143 e. The van der Waals surface area contributed by atoms with Crippen LogP contribution in [0, 0.1) is 28.1 Å². The van der Waals surface area contributed by atoms with E-state index in [9.17, 15) is 4.79 Å². The minimum atomic E-state index is -0.0661. The van der Waals surface area contributed by atoms with E-state index in [0.717, 1.165) is 18.8 Å². The van der Waals surface area contributed by atoms with E-state index in [0.29, 0.717) is 17.1 Å². The number of carbonyl (C=O) groups excluding carboxylic acids is 1. The lowest BCUT2D eigenvalue weighted by atomic mass is 9.68. The van der Waals surface area contributed by atoms with Gasteiger partial charge in [0.1, 0.15) is 5.78 Å². The number of allylic oxidation sites excluding steroid dienone is 2. The molecule has 0 heterocycles. The summed E-state index contributed by atoms with van der Waals surface area (Å²) in [5.74, 6) is 1.98. The zero-order chi connectivity index (χ0) is 12.5. The van der Waals surface area contributed by atoms with Crippen molar-refractivity contribution >= 4 is 5.78 Å². The normalized spacial score (nSPS) is 51.4. The molecule has 1 heteroatoms. The molecule has 0 aromatic rings. The molecule has 0 radical (unpaired) electrons. The molecule has 0 unspecified atom stereocenters. The van der Waals surface area contributed by atoms with Gasteiger partial charge in [-0.3, -0.25) is 4.79 Å². The number of hydrogen-bond donors (Lipinski definition) is 0. The minimum Gasteiger partial charge on any atom is -0.299 e. The highest BCUT2D eigenvalue weighted by molar-refractivity contribution is 5.92. The molecule has 0 aromatic heterocycles. The van der Waals surface area contributed by atoms with Crippen LogP contribution in [0.5, 0.6) is 0 Å². The summed E-state index contributed by atoms with van der Waals surface area (Å²) >= 11 is 0. The van der Waals surface area contributed by atoms with Gasteiger partial charge in [-0.15, -0.1) is 0 Å².